The molecule has 1 radical (unpaired) electrons. The first-order valence-corrected chi connectivity index (χ1v) is 0. The maximum absolute atomic E-state index is 0. The Morgan fingerprint density at radius 1 is 0.800 bits per heavy atom. The molecule has 0 spiro atoms. The van der Waals surface area contributed by atoms with Crippen molar-refractivity contribution in [3.8, 4) is 0 Å². The molecule has 0 aromatic rings. The van der Waals surface area contributed by atoms with E-state index in [2.05, 4.69) is 0 Å². The van der Waals surface area contributed by atoms with Crippen LogP contribution in [0.25, 0.3) is 0 Å². The van der Waals surface area contributed by atoms with Crippen molar-refractivity contribution in [1.29, 1.82) is 0 Å². The Morgan fingerprint density at radius 3 is 0.800 bits per heavy atom. The summed E-state index contributed by atoms with van der Waals surface area (Å²) in [4.78, 5) is 0. The predicted molar refractivity (Wildman–Crippen MR) is 7.23 cm³/mol. The average molecular weight is 487 g/mol. The molecule has 47 valence electrons. The second-order valence-corrected chi connectivity index (χ2v) is 0. The van der Waals surface area contributed by atoms with Crippen molar-refractivity contribution < 1.29 is 70.9 Å². The molecule has 0 bridgehead atoms. The maximum atomic E-state index is 0. The van der Waals surface area contributed by atoms with Gasteiger partial charge in [-0.25, -0.2) is 0 Å². The normalized spacial score (nSPS) is 0. The zero-order chi connectivity index (χ0) is 0. The Hall–Kier alpha value is 1.84. The van der Waals surface area contributed by atoms with Gasteiger partial charge in [0, 0.05) is 59.9 Å². The third-order valence-corrected chi connectivity index (χ3v) is 0. The van der Waals surface area contributed by atoms with Crippen LogP contribution in [0.1, 0.15) is 0 Å². The molecule has 0 fully saturated rings. The average Bonchev–Trinajstić information content (AvgIpc) is 0. The van der Waals surface area contributed by atoms with Crippen LogP contribution in [0.2, 0.25) is 0 Å². The van der Waals surface area contributed by atoms with E-state index in [1.165, 1.54) is 0 Å². The van der Waals surface area contributed by atoms with Crippen LogP contribution in [0.15, 0.2) is 0 Å². The van der Waals surface area contributed by atoms with E-state index in [4.69, 9.17) is 0 Å². The van der Waals surface area contributed by atoms with Crippen molar-refractivity contribution in [1.82, 2.24) is 0 Å². The third kappa shape index (κ3) is 25.4. The molecule has 0 saturated carbocycles. The van der Waals surface area contributed by atoms with Crippen molar-refractivity contribution in [3.05, 3.63) is 0 Å². The smallest absolute Gasteiger partial charge is 0 e. The SMILES string of the molecule is O.O.[Au].[Ni].[Pt]. The zero-order valence-electron chi connectivity index (χ0n) is 1.93. The van der Waals surface area contributed by atoms with Gasteiger partial charge in [0.05, 0.1) is 0 Å². The van der Waals surface area contributed by atoms with Crippen molar-refractivity contribution >= 4 is 0 Å². The van der Waals surface area contributed by atoms with Crippen LogP contribution in [0, 0.1) is 0 Å². The monoisotopic (exact) mass is 486 g/mol. The summed E-state index contributed by atoms with van der Waals surface area (Å²) in [7, 11) is 0. The Balaban J connectivity index is 0. The number of rotatable bonds is 0. The van der Waals surface area contributed by atoms with Gasteiger partial charge >= 0.3 is 0 Å². The fourth-order valence-electron chi connectivity index (χ4n) is 0. The fraction of sp³-hybridized carbons (Fsp3) is 0. The van der Waals surface area contributed by atoms with Gasteiger partial charge in [-0.05, 0) is 0 Å². The van der Waals surface area contributed by atoms with Crippen LogP contribution >= 0.6 is 0 Å². The van der Waals surface area contributed by atoms with Gasteiger partial charge in [-0.1, -0.05) is 0 Å². The molecule has 0 aliphatic rings. The summed E-state index contributed by atoms with van der Waals surface area (Å²) in [6.45, 7) is 0. The predicted octanol–water partition coefficient (Wildman–Crippen LogP) is -1.66. The second-order valence-electron chi connectivity index (χ2n) is 0. The molecule has 0 aromatic carbocycles. The topological polar surface area (TPSA) is 63.0 Å². The minimum absolute atomic E-state index is 0. The Bertz CT molecular complexity index is 9.61. The molecular formula is H4AuNiO2Pt. The first-order chi connectivity index (χ1) is 0. The molecule has 5 heavy (non-hydrogen) atoms. The van der Waals surface area contributed by atoms with E-state index in [1.807, 2.05) is 0 Å². The third-order valence-electron chi connectivity index (χ3n) is 0. The van der Waals surface area contributed by atoms with Crippen molar-refractivity contribution in [2.75, 3.05) is 0 Å². The fourth-order valence-corrected chi connectivity index (χ4v) is 0. The van der Waals surface area contributed by atoms with Gasteiger partial charge < -0.3 is 11.0 Å². The standard InChI is InChI=1S/Au.Ni.2H2O.Pt/h;;2*1H2;. The number of hydrogen-bond donors (Lipinski definition) is 0. The van der Waals surface area contributed by atoms with Crippen molar-refractivity contribution in [2.24, 2.45) is 0 Å². The van der Waals surface area contributed by atoms with Gasteiger partial charge in [0.1, 0.15) is 0 Å². The van der Waals surface area contributed by atoms with Crippen molar-refractivity contribution in [2.45, 2.75) is 0 Å². The summed E-state index contributed by atoms with van der Waals surface area (Å²) in [6.07, 6.45) is 0. The molecular weight excluding hydrogens is 483 g/mol. The van der Waals surface area contributed by atoms with Crippen molar-refractivity contribution in [3.63, 3.8) is 0 Å². The second kappa shape index (κ2) is 40.4. The van der Waals surface area contributed by atoms with E-state index in [-0.39, 0.29) is 70.9 Å². The molecule has 0 unspecified atom stereocenters. The van der Waals surface area contributed by atoms with Crippen LogP contribution in [-0.4, -0.2) is 11.0 Å². The van der Waals surface area contributed by atoms with Crippen LogP contribution < -0.4 is 0 Å². The van der Waals surface area contributed by atoms with Gasteiger partial charge in [-0.2, -0.15) is 0 Å². The van der Waals surface area contributed by atoms with Crippen LogP contribution in [-0.2, 0) is 59.9 Å². The Labute approximate surface area is 70.4 Å². The van der Waals surface area contributed by atoms with Crippen LogP contribution in [0.3, 0.4) is 0 Å². The largest absolute Gasteiger partial charge is 0.412 e. The molecule has 0 heterocycles. The summed E-state index contributed by atoms with van der Waals surface area (Å²) in [5, 5.41) is 0. The number of hydrogen-bond acceptors (Lipinski definition) is 0. The molecule has 5 heteroatoms. The van der Waals surface area contributed by atoms with Gasteiger partial charge in [-0.3, -0.25) is 0 Å². The summed E-state index contributed by atoms with van der Waals surface area (Å²) < 4.78 is 0. The summed E-state index contributed by atoms with van der Waals surface area (Å²) in [6, 6.07) is 0. The minimum atomic E-state index is 0. The molecule has 0 atom stereocenters. The van der Waals surface area contributed by atoms with Crippen LogP contribution in [0.5, 0.6) is 0 Å². The molecule has 0 saturated heterocycles. The van der Waals surface area contributed by atoms with E-state index in [0.717, 1.165) is 0 Å². The van der Waals surface area contributed by atoms with E-state index in [0.29, 0.717) is 0 Å². The van der Waals surface area contributed by atoms with E-state index in [1.54, 1.807) is 0 Å². The zero-order valence-corrected chi connectivity index (χ0v) is 7.36. The van der Waals surface area contributed by atoms with E-state index < -0.39 is 0 Å². The molecule has 0 aliphatic heterocycles. The van der Waals surface area contributed by atoms with E-state index in [9.17, 15) is 0 Å². The maximum Gasteiger partial charge on any atom is 0 e. The molecule has 0 amide bonds. The minimum Gasteiger partial charge on any atom is -0.412 e. The Morgan fingerprint density at radius 2 is 0.800 bits per heavy atom. The summed E-state index contributed by atoms with van der Waals surface area (Å²) in [5.74, 6) is 0. The van der Waals surface area contributed by atoms with Gasteiger partial charge in [0.15, 0.2) is 0 Å². The quantitative estimate of drug-likeness (QED) is 0.368. The molecule has 4 N–H and O–H groups in total. The van der Waals surface area contributed by atoms with E-state index >= 15 is 0 Å². The molecule has 0 rings (SSSR count). The van der Waals surface area contributed by atoms with Crippen LogP contribution in [0.4, 0.5) is 0 Å². The first-order valence-electron chi connectivity index (χ1n) is 0. The molecule has 2 nitrogen and oxygen atoms in total. The summed E-state index contributed by atoms with van der Waals surface area (Å²) in [5.41, 5.74) is 0. The molecule has 0 aromatic heterocycles. The Kier molecular flexibility index (Phi) is 556. The summed E-state index contributed by atoms with van der Waals surface area (Å²) >= 11 is 0. The van der Waals surface area contributed by atoms with Gasteiger partial charge in [0.2, 0.25) is 0 Å². The van der Waals surface area contributed by atoms with Gasteiger partial charge in [-0.15, -0.1) is 0 Å². The van der Waals surface area contributed by atoms with Gasteiger partial charge in [0.25, 0.3) is 0 Å². The molecule has 0 aliphatic carbocycles. The first kappa shape index (κ1) is 68.8.